The molecule has 0 heterocycles. The first-order chi connectivity index (χ1) is 5.41. The minimum atomic E-state index is -5.39. The van der Waals surface area contributed by atoms with Crippen molar-refractivity contribution in [3.05, 3.63) is 0 Å². The Morgan fingerprint density at radius 1 is 0.684 bits per heavy atom. The predicted molar refractivity (Wildman–Crippen MR) is 29.9 cm³/mol. The van der Waals surface area contributed by atoms with E-state index in [0.717, 1.165) is 6.54 Å². The molecule has 0 amide bonds. The number of hydrogen-bond acceptors (Lipinski definition) is 9. The molecule has 0 bridgehead atoms. The molecule has 0 saturated heterocycles. The second kappa shape index (κ2) is 35.3. The molecule has 0 rings (SSSR count). The maximum atomic E-state index is 8.55. The molecule has 0 spiro atoms. The Morgan fingerprint density at radius 2 is 0.684 bits per heavy atom. The molecule has 9 nitrogen and oxygen atoms in total. The van der Waals surface area contributed by atoms with Gasteiger partial charge in [0.25, 0.3) is 0 Å². The van der Waals surface area contributed by atoms with E-state index >= 15 is 0 Å². The third-order valence-electron chi connectivity index (χ3n) is 0. The van der Waals surface area contributed by atoms with Crippen LogP contribution in [-0.2, 0) is 9.13 Å². The van der Waals surface area contributed by atoms with E-state index in [9.17, 15) is 0 Å². The van der Waals surface area contributed by atoms with Gasteiger partial charge in [-0.05, 0) is 6.54 Å². The first kappa shape index (κ1) is 56.2. The SMILES string of the molecule is CCN.O=P([O-])([O-])[O-].O=P([O-])([O-])[O-].[Na+].[Na+].[Na+].[Na+].[Na+].[Na+]. The van der Waals surface area contributed by atoms with E-state index in [4.69, 9.17) is 44.2 Å². The molecule has 2 N–H and O–H groups in total. The van der Waals surface area contributed by atoms with E-state index in [1.165, 1.54) is 0 Å². The van der Waals surface area contributed by atoms with Crippen molar-refractivity contribution in [3.8, 4) is 0 Å². The summed E-state index contributed by atoms with van der Waals surface area (Å²) in [6, 6.07) is 0. The largest absolute Gasteiger partial charge is 1.00 e. The van der Waals surface area contributed by atoms with Gasteiger partial charge in [-0.2, -0.15) is 15.6 Å². The summed E-state index contributed by atoms with van der Waals surface area (Å²) < 4.78 is 17.1. The van der Waals surface area contributed by atoms with E-state index in [-0.39, 0.29) is 177 Å². The average Bonchev–Trinajstić information content (AvgIpc) is 1.52. The molecular weight excluding hydrogens is 366 g/mol. The van der Waals surface area contributed by atoms with Crippen LogP contribution < -0.4 is 212 Å². The van der Waals surface area contributed by atoms with Crippen molar-refractivity contribution in [1.29, 1.82) is 0 Å². The van der Waals surface area contributed by atoms with Crippen LogP contribution in [-0.4, -0.2) is 6.54 Å². The maximum absolute atomic E-state index is 8.55. The smallest absolute Gasteiger partial charge is 0.822 e. The molecule has 0 aliphatic rings. The van der Waals surface area contributed by atoms with Gasteiger partial charge >= 0.3 is 177 Å². The van der Waals surface area contributed by atoms with Crippen LogP contribution in [0, 0.1) is 0 Å². The molecule has 0 atom stereocenters. The zero-order valence-electron chi connectivity index (χ0n) is 12.4. The van der Waals surface area contributed by atoms with Crippen LogP contribution in [0.2, 0.25) is 0 Å². The van der Waals surface area contributed by atoms with Gasteiger partial charge in [0.15, 0.2) is 0 Å². The third kappa shape index (κ3) is 311. The molecule has 0 unspecified atom stereocenters. The Morgan fingerprint density at radius 3 is 0.684 bits per heavy atom. The molecule has 84 valence electrons. The summed E-state index contributed by atoms with van der Waals surface area (Å²) in [5.41, 5.74) is 4.85. The zero-order valence-corrected chi connectivity index (χ0v) is 26.2. The maximum Gasteiger partial charge on any atom is 1.00 e. The average molecular weight is 373 g/mol. The standard InChI is InChI=1S/C2H7N.6Na.2H3O4P/c1-2-3;;;;;;;2*1-5(2,3)4/h2-3H2,1H3;;;;;;;2*(H3,1,2,3,4)/q;6*+1;;/p-6. The van der Waals surface area contributed by atoms with Gasteiger partial charge in [0.05, 0.1) is 0 Å². The molecule has 0 fully saturated rings. The summed E-state index contributed by atoms with van der Waals surface area (Å²) >= 11 is 0. The van der Waals surface area contributed by atoms with Gasteiger partial charge < -0.3 is 44.2 Å². The Hall–Kier alpha value is 6.18. The van der Waals surface area contributed by atoms with Gasteiger partial charge in [-0.15, -0.1) is 0 Å². The second-order valence-electron chi connectivity index (χ2n) is 1.30. The van der Waals surface area contributed by atoms with Gasteiger partial charge in [0.1, 0.15) is 0 Å². The van der Waals surface area contributed by atoms with Crippen molar-refractivity contribution in [1.82, 2.24) is 0 Å². The molecule has 0 saturated carbocycles. The van der Waals surface area contributed by atoms with Crippen LogP contribution in [0.25, 0.3) is 0 Å². The predicted octanol–water partition coefficient (Wildman–Crippen LogP) is -23.7. The third-order valence-corrected chi connectivity index (χ3v) is 0. The number of phosphoric acid groups is 2. The Kier molecular flexibility index (Phi) is 105. The van der Waals surface area contributed by atoms with Crippen LogP contribution in [0.15, 0.2) is 0 Å². The summed E-state index contributed by atoms with van der Waals surface area (Å²) in [4.78, 5) is 51.3. The van der Waals surface area contributed by atoms with Gasteiger partial charge in [-0.1, -0.05) is 6.92 Å². The van der Waals surface area contributed by atoms with Crippen LogP contribution in [0.1, 0.15) is 6.92 Å². The van der Waals surface area contributed by atoms with Crippen molar-refractivity contribution in [2.75, 3.05) is 6.54 Å². The van der Waals surface area contributed by atoms with E-state index < -0.39 is 15.6 Å². The molecule has 0 radical (unpaired) electrons. The van der Waals surface area contributed by atoms with Gasteiger partial charge in [0.2, 0.25) is 0 Å². The molecule has 0 aromatic rings. The summed E-state index contributed by atoms with van der Waals surface area (Å²) in [5.74, 6) is 0. The van der Waals surface area contributed by atoms with Crippen molar-refractivity contribution in [2.45, 2.75) is 6.92 Å². The quantitative estimate of drug-likeness (QED) is 0.316. The second-order valence-corrected chi connectivity index (χ2v) is 3.09. The van der Waals surface area contributed by atoms with Gasteiger partial charge in [-0.25, -0.2) is 0 Å². The first-order valence-corrected chi connectivity index (χ1v) is 5.50. The van der Waals surface area contributed by atoms with E-state index in [0.29, 0.717) is 0 Å². The molecule has 19 heavy (non-hydrogen) atoms. The van der Waals surface area contributed by atoms with Crippen LogP contribution in [0.5, 0.6) is 0 Å². The van der Waals surface area contributed by atoms with Crippen molar-refractivity contribution < 1.29 is 216 Å². The normalized spacial score (nSPS) is 7.16. The van der Waals surface area contributed by atoms with Crippen molar-refractivity contribution >= 4 is 15.6 Å². The summed E-state index contributed by atoms with van der Waals surface area (Å²) in [6.07, 6.45) is 0. The number of nitrogens with two attached hydrogens (primary N) is 1. The minimum absolute atomic E-state index is 0. The Bertz CT molecular complexity index is 161. The fraction of sp³-hybridized carbons (Fsp3) is 1.00. The topological polar surface area (TPSA) is 199 Å². The monoisotopic (exact) mass is 373 g/mol. The molecule has 0 aliphatic carbocycles. The van der Waals surface area contributed by atoms with Gasteiger partial charge in [0, 0.05) is 0 Å². The molecule has 0 aromatic heterocycles. The van der Waals surface area contributed by atoms with Crippen molar-refractivity contribution in [3.63, 3.8) is 0 Å². The fourth-order valence-electron chi connectivity index (χ4n) is 0. The molecular formula is C2H7NNa6O8P2. The molecule has 17 heteroatoms. The molecule has 0 aromatic carbocycles. The zero-order chi connectivity index (χ0) is 11.7. The fourth-order valence-corrected chi connectivity index (χ4v) is 0. The van der Waals surface area contributed by atoms with Crippen LogP contribution >= 0.6 is 15.6 Å². The molecule has 0 aliphatic heterocycles. The van der Waals surface area contributed by atoms with E-state index in [2.05, 4.69) is 0 Å². The minimum Gasteiger partial charge on any atom is -0.822 e. The Labute approximate surface area is 245 Å². The van der Waals surface area contributed by atoms with Crippen molar-refractivity contribution in [2.24, 2.45) is 5.73 Å². The Balaban J connectivity index is -0.00000000995. The van der Waals surface area contributed by atoms with Crippen LogP contribution in [0.3, 0.4) is 0 Å². The number of rotatable bonds is 0. The van der Waals surface area contributed by atoms with Crippen LogP contribution in [0.4, 0.5) is 0 Å². The summed E-state index contributed by atoms with van der Waals surface area (Å²) in [5, 5.41) is 0. The summed E-state index contributed by atoms with van der Waals surface area (Å²) in [6.45, 7) is 2.65. The number of hydrogen-bond donors (Lipinski definition) is 1. The van der Waals surface area contributed by atoms with Gasteiger partial charge in [-0.3, -0.25) is 0 Å². The summed E-state index contributed by atoms with van der Waals surface area (Å²) in [7, 11) is -10.8. The first-order valence-electron chi connectivity index (χ1n) is 2.58. The van der Waals surface area contributed by atoms with E-state index in [1.807, 2.05) is 6.92 Å². The van der Waals surface area contributed by atoms with E-state index in [1.54, 1.807) is 0 Å².